The van der Waals surface area contributed by atoms with Gasteiger partial charge in [-0.3, -0.25) is 4.90 Å². The zero-order chi connectivity index (χ0) is 13.8. The van der Waals surface area contributed by atoms with E-state index in [0.717, 1.165) is 31.5 Å². The normalized spacial score (nSPS) is 24.1. The van der Waals surface area contributed by atoms with Crippen molar-refractivity contribution < 1.29 is 4.39 Å². The van der Waals surface area contributed by atoms with Crippen molar-refractivity contribution in [2.24, 2.45) is 11.7 Å². The number of halogens is 1. The third-order valence-electron chi connectivity index (χ3n) is 3.98. The lowest BCUT2D eigenvalue weighted by molar-refractivity contribution is 0.145. The summed E-state index contributed by atoms with van der Waals surface area (Å²) in [6, 6.07) is 6.75. The van der Waals surface area contributed by atoms with Crippen molar-refractivity contribution in [3.63, 3.8) is 0 Å². The van der Waals surface area contributed by atoms with Crippen LogP contribution in [0, 0.1) is 23.1 Å². The van der Waals surface area contributed by atoms with Crippen LogP contribution in [0.4, 0.5) is 4.39 Å². The van der Waals surface area contributed by atoms with Crippen LogP contribution in [-0.4, -0.2) is 24.0 Å². The van der Waals surface area contributed by atoms with E-state index in [1.807, 2.05) is 0 Å². The molecule has 1 aromatic rings. The lowest BCUT2D eigenvalue weighted by atomic mass is 9.90. The molecule has 102 valence electrons. The van der Waals surface area contributed by atoms with Crippen molar-refractivity contribution in [1.29, 1.82) is 5.26 Å². The van der Waals surface area contributed by atoms with Crippen LogP contribution < -0.4 is 5.73 Å². The average molecular weight is 261 g/mol. The maximum Gasteiger partial charge on any atom is 0.123 e. The maximum atomic E-state index is 13.3. The van der Waals surface area contributed by atoms with Crippen LogP contribution in [0.15, 0.2) is 18.2 Å². The van der Waals surface area contributed by atoms with E-state index in [4.69, 9.17) is 11.0 Å². The average Bonchev–Trinajstić information content (AvgIpc) is 2.41. The van der Waals surface area contributed by atoms with Gasteiger partial charge in [-0.05, 0) is 42.6 Å². The van der Waals surface area contributed by atoms with E-state index in [9.17, 15) is 4.39 Å². The molecule has 0 aliphatic carbocycles. The van der Waals surface area contributed by atoms with Crippen molar-refractivity contribution in [1.82, 2.24) is 4.90 Å². The van der Waals surface area contributed by atoms with E-state index in [-0.39, 0.29) is 11.9 Å². The van der Waals surface area contributed by atoms with Gasteiger partial charge in [0.2, 0.25) is 0 Å². The first kappa shape index (κ1) is 14.0. The summed E-state index contributed by atoms with van der Waals surface area (Å²) in [4.78, 5) is 2.27. The summed E-state index contributed by atoms with van der Waals surface area (Å²) in [6.45, 7) is 4.62. The molecule has 19 heavy (non-hydrogen) atoms. The molecule has 0 aromatic heterocycles. The van der Waals surface area contributed by atoms with E-state index >= 15 is 0 Å². The molecule has 1 aromatic carbocycles. The molecule has 0 bridgehead atoms. The number of hydrogen-bond donors (Lipinski definition) is 1. The molecule has 1 saturated heterocycles. The maximum absolute atomic E-state index is 13.3. The highest BCUT2D eigenvalue weighted by molar-refractivity contribution is 5.37. The van der Waals surface area contributed by atoms with Crippen molar-refractivity contribution in [3.8, 4) is 6.07 Å². The van der Waals surface area contributed by atoms with Crippen molar-refractivity contribution in [3.05, 3.63) is 35.1 Å². The molecule has 2 N–H and O–H groups in total. The predicted octanol–water partition coefficient (Wildman–Crippen LogP) is 2.26. The second-order valence-corrected chi connectivity index (χ2v) is 5.27. The van der Waals surface area contributed by atoms with E-state index in [1.54, 1.807) is 6.07 Å². The third kappa shape index (κ3) is 3.31. The summed E-state index contributed by atoms with van der Waals surface area (Å²) in [5, 5.41) is 9.07. The molecular formula is C15H20FN3. The van der Waals surface area contributed by atoms with Crippen molar-refractivity contribution in [2.45, 2.75) is 32.4 Å². The SMILES string of the molecule is CCC1CN(Cc2cc(F)ccc2C#N)CCC1N. The van der Waals surface area contributed by atoms with Crippen LogP contribution in [0.5, 0.6) is 0 Å². The number of rotatable bonds is 3. The van der Waals surface area contributed by atoms with Gasteiger partial charge in [-0.15, -0.1) is 0 Å². The highest BCUT2D eigenvalue weighted by atomic mass is 19.1. The molecular weight excluding hydrogens is 241 g/mol. The Bertz CT molecular complexity index is 481. The third-order valence-corrected chi connectivity index (χ3v) is 3.98. The molecule has 1 heterocycles. The van der Waals surface area contributed by atoms with E-state index in [1.165, 1.54) is 12.1 Å². The summed E-state index contributed by atoms with van der Waals surface area (Å²) in [5.74, 6) is 0.211. The number of piperidine rings is 1. The van der Waals surface area contributed by atoms with Gasteiger partial charge in [0, 0.05) is 19.1 Å². The first-order chi connectivity index (χ1) is 9.13. The second kappa shape index (κ2) is 6.14. The van der Waals surface area contributed by atoms with Gasteiger partial charge in [-0.1, -0.05) is 13.3 Å². The minimum absolute atomic E-state index is 0.268. The molecule has 1 aliphatic heterocycles. The Morgan fingerprint density at radius 1 is 1.53 bits per heavy atom. The Balaban J connectivity index is 2.09. The predicted molar refractivity (Wildman–Crippen MR) is 72.8 cm³/mol. The number of likely N-dealkylation sites (tertiary alicyclic amines) is 1. The largest absolute Gasteiger partial charge is 0.327 e. The van der Waals surface area contributed by atoms with Gasteiger partial charge in [-0.25, -0.2) is 4.39 Å². The molecule has 2 unspecified atom stereocenters. The second-order valence-electron chi connectivity index (χ2n) is 5.27. The number of benzene rings is 1. The number of nitrogens with two attached hydrogens (primary N) is 1. The highest BCUT2D eigenvalue weighted by Gasteiger charge is 2.25. The Hall–Kier alpha value is -1.44. The van der Waals surface area contributed by atoms with Crippen LogP contribution in [0.2, 0.25) is 0 Å². The smallest absolute Gasteiger partial charge is 0.123 e. The van der Waals surface area contributed by atoms with Gasteiger partial charge in [0.1, 0.15) is 5.82 Å². The molecule has 4 heteroatoms. The van der Waals surface area contributed by atoms with Crippen molar-refractivity contribution in [2.75, 3.05) is 13.1 Å². The zero-order valence-electron chi connectivity index (χ0n) is 11.3. The zero-order valence-corrected chi connectivity index (χ0v) is 11.3. The fourth-order valence-corrected chi connectivity index (χ4v) is 2.74. The summed E-state index contributed by atoms with van der Waals surface area (Å²) in [6.07, 6.45) is 2.03. The number of nitrogens with zero attached hydrogens (tertiary/aromatic N) is 2. The Kier molecular flexibility index (Phi) is 4.52. The highest BCUT2D eigenvalue weighted by Crippen LogP contribution is 2.21. The molecule has 1 fully saturated rings. The van der Waals surface area contributed by atoms with Gasteiger partial charge in [0.05, 0.1) is 11.6 Å². The van der Waals surface area contributed by atoms with Crippen LogP contribution in [0.25, 0.3) is 0 Å². The molecule has 0 saturated carbocycles. The molecule has 2 rings (SSSR count). The van der Waals surface area contributed by atoms with E-state index in [0.29, 0.717) is 18.0 Å². The molecule has 2 atom stereocenters. The minimum Gasteiger partial charge on any atom is -0.327 e. The summed E-state index contributed by atoms with van der Waals surface area (Å²) < 4.78 is 13.3. The summed E-state index contributed by atoms with van der Waals surface area (Å²) in [7, 11) is 0. The fraction of sp³-hybridized carbons (Fsp3) is 0.533. The first-order valence-corrected chi connectivity index (χ1v) is 6.80. The fourth-order valence-electron chi connectivity index (χ4n) is 2.74. The summed E-state index contributed by atoms with van der Waals surface area (Å²) >= 11 is 0. The monoisotopic (exact) mass is 261 g/mol. The van der Waals surface area contributed by atoms with Crippen LogP contribution in [-0.2, 0) is 6.54 Å². The summed E-state index contributed by atoms with van der Waals surface area (Å²) in [5.41, 5.74) is 7.42. The van der Waals surface area contributed by atoms with Gasteiger partial charge in [0.15, 0.2) is 0 Å². The van der Waals surface area contributed by atoms with Gasteiger partial charge in [-0.2, -0.15) is 5.26 Å². The van der Waals surface area contributed by atoms with Gasteiger partial charge in [0.25, 0.3) is 0 Å². The topological polar surface area (TPSA) is 53.0 Å². The van der Waals surface area contributed by atoms with Crippen LogP contribution in [0.1, 0.15) is 30.9 Å². The molecule has 0 amide bonds. The molecule has 1 aliphatic rings. The quantitative estimate of drug-likeness (QED) is 0.908. The van der Waals surface area contributed by atoms with Gasteiger partial charge < -0.3 is 5.73 Å². The van der Waals surface area contributed by atoms with E-state index < -0.39 is 0 Å². The van der Waals surface area contributed by atoms with Gasteiger partial charge >= 0.3 is 0 Å². The number of hydrogen-bond acceptors (Lipinski definition) is 3. The lowest BCUT2D eigenvalue weighted by Gasteiger charge is -2.36. The Labute approximate surface area is 113 Å². The molecule has 3 nitrogen and oxygen atoms in total. The number of nitriles is 1. The standard InChI is InChI=1S/C15H20FN3/c1-2-11-9-19(6-5-15(11)18)10-13-7-14(16)4-3-12(13)8-17/h3-4,7,11,15H,2,5-6,9-10,18H2,1H3. The Morgan fingerprint density at radius 2 is 2.32 bits per heavy atom. The van der Waals surface area contributed by atoms with Crippen LogP contribution >= 0.6 is 0 Å². The molecule has 0 radical (unpaired) electrons. The first-order valence-electron chi connectivity index (χ1n) is 6.80. The Morgan fingerprint density at radius 3 is 3.00 bits per heavy atom. The minimum atomic E-state index is -0.283. The van der Waals surface area contributed by atoms with Crippen molar-refractivity contribution >= 4 is 0 Å². The van der Waals surface area contributed by atoms with E-state index in [2.05, 4.69) is 17.9 Å². The van der Waals surface area contributed by atoms with Crippen LogP contribution in [0.3, 0.4) is 0 Å². The lowest BCUT2D eigenvalue weighted by Crippen LogP contribution is -2.46. The molecule has 0 spiro atoms.